The number of imidazole rings is 1. The number of aryl methyl sites for hydroxylation is 1. The summed E-state index contributed by atoms with van der Waals surface area (Å²) < 4.78 is 41.9. The summed E-state index contributed by atoms with van der Waals surface area (Å²) in [7, 11) is 1.82. The molecule has 1 atom stereocenters. The maximum absolute atomic E-state index is 11.9. The summed E-state index contributed by atoms with van der Waals surface area (Å²) in [5.74, 6) is 0.766. The maximum atomic E-state index is 11.9. The highest BCUT2D eigenvalue weighted by Gasteiger charge is 2.27. The van der Waals surface area contributed by atoms with Crippen LogP contribution in [0.4, 0.5) is 13.2 Å². The van der Waals surface area contributed by atoms with Crippen LogP contribution in [0.15, 0.2) is 6.20 Å². The number of halogens is 3. The zero-order valence-corrected chi connectivity index (χ0v) is 10.7. The molecule has 0 aromatic carbocycles. The third kappa shape index (κ3) is 4.66. The highest BCUT2D eigenvalue weighted by molar-refractivity contribution is 5.07. The van der Waals surface area contributed by atoms with Crippen LogP contribution in [0.3, 0.4) is 0 Å². The van der Waals surface area contributed by atoms with Gasteiger partial charge in [0.2, 0.25) is 0 Å². The summed E-state index contributed by atoms with van der Waals surface area (Å²) >= 11 is 0. The van der Waals surface area contributed by atoms with Crippen molar-refractivity contribution < 1.29 is 17.9 Å². The minimum Gasteiger partial charge on any atom is -0.370 e. The van der Waals surface area contributed by atoms with Gasteiger partial charge in [-0.05, 0) is 20.9 Å². The van der Waals surface area contributed by atoms with Gasteiger partial charge in [0.1, 0.15) is 12.4 Å². The summed E-state index contributed by atoms with van der Waals surface area (Å²) in [6.45, 7) is 2.96. The molecule has 0 aliphatic carbocycles. The van der Waals surface area contributed by atoms with Gasteiger partial charge in [-0.2, -0.15) is 13.2 Å². The molecular formula is C11H18F3N3O. The predicted molar refractivity (Wildman–Crippen MR) is 61.3 cm³/mol. The molecule has 0 amide bonds. The monoisotopic (exact) mass is 265 g/mol. The lowest BCUT2D eigenvalue weighted by molar-refractivity contribution is -0.174. The van der Waals surface area contributed by atoms with E-state index in [-0.39, 0.29) is 12.6 Å². The molecular weight excluding hydrogens is 247 g/mol. The third-order valence-corrected chi connectivity index (χ3v) is 2.61. The number of hydrogen-bond acceptors (Lipinski definition) is 3. The first-order valence-electron chi connectivity index (χ1n) is 5.69. The number of alkyl halides is 3. The van der Waals surface area contributed by atoms with Crippen molar-refractivity contribution in [3.05, 3.63) is 17.7 Å². The van der Waals surface area contributed by atoms with Crippen LogP contribution in [-0.4, -0.2) is 36.0 Å². The second-order valence-corrected chi connectivity index (χ2v) is 4.08. The summed E-state index contributed by atoms with van der Waals surface area (Å²) in [5, 5.41) is 3.05. The van der Waals surface area contributed by atoms with Crippen molar-refractivity contribution in [2.75, 3.05) is 20.3 Å². The van der Waals surface area contributed by atoms with Crippen molar-refractivity contribution in [2.24, 2.45) is 0 Å². The molecule has 0 bridgehead atoms. The van der Waals surface area contributed by atoms with E-state index >= 15 is 0 Å². The standard InChI is InChI=1S/C11H18F3N3O/c1-8(15-3)10-6-17(9(2)16-10)4-5-18-7-11(12,13)14/h6,8,15H,4-5,7H2,1-3H3. The van der Waals surface area contributed by atoms with Crippen molar-refractivity contribution in [2.45, 2.75) is 32.6 Å². The van der Waals surface area contributed by atoms with Crippen LogP contribution < -0.4 is 5.32 Å². The molecule has 1 N–H and O–H groups in total. The molecule has 7 heteroatoms. The van der Waals surface area contributed by atoms with Gasteiger partial charge in [-0.25, -0.2) is 4.98 Å². The van der Waals surface area contributed by atoms with Gasteiger partial charge >= 0.3 is 6.18 Å². The van der Waals surface area contributed by atoms with Crippen LogP contribution in [0, 0.1) is 6.92 Å². The van der Waals surface area contributed by atoms with Crippen LogP contribution in [0.1, 0.15) is 24.5 Å². The van der Waals surface area contributed by atoms with Crippen LogP contribution in [0.25, 0.3) is 0 Å². The molecule has 104 valence electrons. The molecule has 0 saturated carbocycles. The molecule has 0 aliphatic heterocycles. The molecule has 0 fully saturated rings. The first-order valence-corrected chi connectivity index (χ1v) is 5.69. The molecule has 0 saturated heterocycles. The Morgan fingerprint density at radius 1 is 1.50 bits per heavy atom. The lowest BCUT2D eigenvalue weighted by Gasteiger charge is -2.08. The largest absolute Gasteiger partial charge is 0.411 e. The van der Waals surface area contributed by atoms with E-state index in [1.165, 1.54) is 0 Å². The van der Waals surface area contributed by atoms with Crippen LogP contribution >= 0.6 is 0 Å². The molecule has 1 rings (SSSR count). The van der Waals surface area contributed by atoms with Crippen LogP contribution in [-0.2, 0) is 11.3 Å². The van der Waals surface area contributed by atoms with Crippen molar-refractivity contribution in [3.63, 3.8) is 0 Å². The van der Waals surface area contributed by atoms with Gasteiger partial charge in [0, 0.05) is 18.8 Å². The molecule has 1 aromatic rings. The molecule has 0 aliphatic rings. The minimum absolute atomic E-state index is 0.0179. The Bertz CT molecular complexity index is 376. The Balaban J connectivity index is 2.45. The fraction of sp³-hybridized carbons (Fsp3) is 0.727. The fourth-order valence-corrected chi connectivity index (χ4v) is 1.47. The second kappa shape index (κ2) is 6.19. The summed E-state index contributed by atoms with van der Waals surface area (Å²) in [6, 6.07) is 0.112. The van der Waals surface area contributed by atoms with E-state index in [1.807, 2.05) is 27.1 Å². The quantitative estimate of drug-likeness (QED) is 0.800. The van der Waals surface area contributed by atoms with Gasteiger partial charge in [-0.1, -0.05) is 0 Å². The van der Waals surface area contributed by atoms with E-state index in [0.717, 1.165) is 11.5 Å². The molecule has 1 unspecified atom stereocenters. The van der Waals surface area contributed by atoms with E-state index in [2.05, 4.69) is 15.0 Å². The van der Waals surface area contributed by atoms with Crippen molar-refractivity contribution >= 4 is 0 Å². The first-order chi connectivity index (χ1) is 8.33. The molecule has 0 spiro atoms. The van der Waals surface area contributed by atoms with Gasteiger partial charge in [-0.15, -0.1) is 0 Å². The van der Waals surface area contributed by atoms with E-state index in [0.29, 0.717) is 6.54 Å². The van der Waals surface area contributed by atoms with Gasteiger partial charge in [0.15, 0.2) is 0 Å². The summed E-state index contributed by atoms with van der Waals surface area (Å²) in [6.07, 6.45) is -2.44. The molecule has 18 heavy (non-hydrogen) atoms. The van der Waals surface area contributed by atoms with Crippen molar-refractivity contribution in [1.82, 2.24) is 14.9 Å². The van der Waals surface area contributed by atoms with Crippen molar-refractivity contribution in [3.8, 4) is 0 Å². The van der Waals surface area contributed by atoms with Gasteiger partial charge < -0.3 is 14.6 Å². The average molecular weight is 265 g/mol. The predicted octanol–water partition coefficient (Wildman–Crippen LogP) is 2.05. The van der Waals surface area contributed by atoms with Crippen molar-refractivity contribution in [1.29, 1.82) is 0 Å². The SMILES string of the molecule is CNC(C)c1cn(CCOCC(F)(F)F)c(C)n1. The Kier molecular flexibility index (Phi) is 5.15. The number of hydrogen-bond donors (Lipinski definition) is 1. The summed E-state index contributed by atoms with van der Waals surface area (Å²) in [5.41, 5.74) is 0.867. The average Bonchev–Trinajstić information content (AvgIpc) is 2.64. The van der Waals surface area contributed by atoms with Crippen LogP contribution in [0.2, 0.25) is 0 Å². The highest BCUT2D eigenvalue weighted by Crippen LogP contribution is 2.15. The van der Waals surface area contributed by atoms with Gasteiger partial charge in [0.05, 0.1) is 12.3 Å². The van der Waals surface area contributed by atoms with Gasteiger partial charge in [-0.3, -0.25) is 0 Å². The summed E-state index contributed by atoms with van der Waals surface area (Å²) in [4.78, 5) is 4.33. The normalized spacial score (nSPS) is 13.9. The lowest BCUT2D eigenvalue weighted by Crippen LogP contribution is -2.19. The zero-order valence-electron chi connectivity index (χ0n) is 10.7. The minimum atomic E-state index is -4.27. The Hall–Kier alpha value is -1.08. The third-order valence-electron chi connectivity index (χ3n) is 2.61. The Morgan fingerprint density at radius 2 is 2.17 bits per heavy atom. The molecule has 0 radical (unpaired) electrons. The molecule has 4 nitrogen and oxygen atoms in total. The Labute approximate surface area is 104 Å². The topological polar surface area (TPSA) is 39.1 Å². The molecule has 1 heterocycles. The number of nitrogens with one attached hydrogen (secondary N) is 1. The lowest BCUT2D eigenvalue weighted by atomic mass is 10.3. The van der Waals surface area contributed by atoms with E-state index in [9.17, 15) is 13.2 Å². The van der Waals surface area contributed by atoms with E-state index in [1.54, 1.807) is 4.57 Å². The van der Waals surface area contributed by atoms with Crippen LogP contribution in [0.5, 0.6) is 0 Å². The maximum Gasteiger partial charge on any atom is 0.411 e. The second-order valence-electron chi connectivity index (χ2n) is 4.08. The Morgan fingerprint density at radius 3 is 2.72 bits per heavy atom. The number of rotatable bonds is 6. The number of ether oxygens (including phenoxy) is 1. The number of nitrogens with zero attached hydrogens (tertiary/aromatic N) is 2. The molecule has 1 aromatic heterocycles. The smallest absolute Gasteiger partial charge is 0.370 e. The van der Waals surface area contributed by atoms with E-state index in [4.69, 9.17) is 0 Å². The fourth-order valence-electron chi connectivity index (χ4n) is 1.47. The zero-order chi connectivity index (χ0) is 13.8. The first kappa shape index (κ1) is 15.0. The van der Waals surface area contributed by atoms with Gasteiger partial charge in [0.25, 0.3) is 0 Å². The van der Waals surface area contributed by atoms with E-state index < -0.39 is 12.8 Å². The number of aromatic nitrogens is 2. The highest BCUT2D eigenvalue weighted by atomic mass is 19.4.